The molecule has 0 unspecified atom stereocenters. The van der Waals surface area contributed by atoms with E-state index in [4.69, 9.17) is 27.9 Å². The Bertz CT molecular complexity index is 835. The molecule has 1 N–H and O–H groups in total. The van der Waals surface area contributed by atoms with Gasteiger partial charge in [0, 0.05) is 0 Å². The number of ether oxygens (including phenoxy) is 1. The summed E-state index contributed by atoms with van der Waals surface area (Å²) < 4.78 is 6.91. The molecule has 0 atom stereocenters. The van der Waals surface area contributed by atoms with Gasteiger partial charge < -0.3 is 10.1 Å². The maximum Gasteiger partial charge on any atom is 0.262 e. The molecular weight excluding hydrogens is 351 g/mol. The predicted octanol–water partition coefficient (Wildman–Crippen LogP) is 3.59. The molecule has 1 amide bonds. The lowest BCUT2D eigenvalue weighted by Gasteiger charge is -2.08. The first-order valence-electron chi connectivity index (χ1n) is 6.96. The van der Waals surface area contributed by atoms with Gasteiger partial charge in [-0.25, -0.2) is 9.97 Å². The Balaban J connectivity index is 1.60. The van der Waals surface area contributed by atoms with Gasteiger partial charge in [0.05, 0.1) is 11.9 Å². The van der Waals surface area contributed by atoms with Crippen molar-refractivity contribution >= 4 is 34.8 Å². The van der Waals surface area contributed by atoms with Crippen LogP contribution in [0.4, 0.5) is 5.69 Å². The molecule has 0 aliphatic carbocycles. The molecule has 0 spiro atoms. The van der Waals surface area contributed by atoms with Crippen LogP contribution in [-0.4, -0.2) is 27.0 Å². The Labute approximate surface area is 148 Å². The largest absolute Gasteiger partial charge is 0.484 e. The summed E-state index contributed by atoms with van der Waals surface area (Å²) in [6, 6.07) is 12.5. The second kappa shape index (κ2) is 7.33. The summed E-state index contributed by atoms with van der Waals surface area (Å²) in [4.78, 5) is 20.0. The number of halogens is 2. The minimum atomic E-state index is -0.280. The van der Waals surface area contributed by atoms with E-state index in [1.165, 1.54) is 17.1 Å². The van der Waals surface area contributed by atoms with Crippen LogP contribution in [0.3, 0.4) is 0 Å². The number of hydrogen-bond donors (Lipinski definition) is 1. The molecule has 0 radical (unpaired) electrons. The standard InChI is InChI=1S/C16H12Cl2N4O2/c17-15-16(18)22(10-20-15)13-7-6-11(8-19-13)21-14(23)9-24-12-4-2-1-3-5-12/h1-8,10H,9H2,(H,21,23). The van der Waals surface area contributed by atoms with E-state index in [0.29, 0.717) is 17.3 Å². The van der Waals surface area contributed by atoms with Crippen LogP contribution in [0.15, 0.2) is 55.0 Å². The Kier molecular flexibility index (Phi) is 4.98. The fourth-order valence-corrected chi connectivity index (χ4v) is 2.25. The average Bonchev–Trinajstić information content (AvgIpc) is 2.94. The molecule has 0 fully saturated rings. The number of nitrogens with one attached hydrogen (secondary N) is 1. The van der Waals surface area contributed by atoms with Gasteiger partial charge in [-0.1, -0.05) is 41.4 Å². The third-order valence-electron chi connectivity index (χ3n) is 3.06. The smallest absolute Gasteiger partial charge is 0.262 e. The molecule has 1 aromatic carbocycles. The number of carbonyl (C=O) groups is 1. The summed E-state index contributed by atoms with van der Waals surface area (Å²) in [7, 11) is 0. The molecule has 0 saturated carbocycles. The number of carbonyl (C=O) groups excluding carboxylic acids is 1. The van der Waals surface area contributed by atoms with Gasteiger partial charge in [-0.15, -0.1) is 0 Å². The van der Waals surface area contributed by atoms with Gasteiger partial charge in [-0.2, -0.15) is 0 Å². The highest BCUT2D eigenvalue weighted by Crippen LogP contribution is 2.23. The van der Waals surface area contributed by atoms with Crippen LogP contribution in [0.1, 0.15) is 0 Å². The van der Waals surface area contributed by atoms with Crippen LogP contribution in [0.5, 0.6) is 5.75 Å². The second-order valence-corrected chi connectivity index (χ2v) is 5.47. The first-order chi connectivity index (χ1) is 11.6. The molecule has 122 valence electrons. The lowest BCUT2D eigenvalue weighted by molar-refractivity contribution is -0.118. The van der Waals surface area contributed by atoms with Gasteiger partial charge in [0.15, 0.2) is 16.9 Å². The first kappa shape index (κ1) is 16.3. The van der Waals surface area contributed by atoms with E-state index in [-0.39, 0.29) is 22.8 Å². The highest BCUT2D eigenvalue weighted by Gasteiger charge is 2.09. The topological polar surface area (TPSA) is 69.0 Å². The lowest BCUT2D eigenvalue weighted by Crippen LogP contribution is -2.20. The van der Waals surface area contributed by atoms with E-state index in [9.17, 15) is 4.79 Å². The molecule has 6 nitrogen and oxygen atoms in total. The lowest BCUT2D eigenvalue weighted by atomic mass is 10.3. The van der Waals surface area contributed by atoms with Gasteiger partial charge >= 0.3 is 0 Å². The molecule has 3 rings (SSSR count). The fourth-order valence-electron chi connectivity index (χ4n) is 1.94. The van der Waals surface area contributed by atoms with Crippen molar-refractivity contribution in [2.45, 2.75) is 0 Å². The van der Waals surface area contributed by atoms with Crippen LogP contribution >= 0.6 is 23.2 Å². The highest BCUT2D eigenvalue weighted by atomic mass is 35.5. The number of anilines is 1. The van der Waals surface area contributed by atoms with E-state index >= 15 is 0 Å². The number of imidazole rings is 1. The van der Waals surface area contributed by atoms with Gasteiger partial charge in [0.25, 0.3) is 5.91 Å². The van der Waals surface area contributed by atoms with Gasteiger partial charge in [-0.05, 0) is 24.3 Å². The third-order valence-corrected chi connectivity index (χ3v) is 3.79. The van der Waals surface area contributed by atoms with Gasteiger partial charge in [0.2, 0.25) is 0 Å². The molecule has 0 aliphatic heterocycles. The molecule has 3 aromatic rings. The average molecular weight is 363 g/mol. The van der Waals surface area contributed by atoms with E-state index < -0.39 is 0 Å². The van der Waals surface area contributed by atoms with Crippen LogP contribution < -0.4 is 10.1 Å². The quantitative estimate of drug-likeness (QED) is 0.752. The van der Waals surface area contributed by atoms with Gasteiger partial charge in [0.1, 0.15) is 17.9 Å². The van der Waals surface area contributed by atoms with Crippen molar-refractivity contribution in [3.05, 3.63) is 65.3 Å². The maximum absolute atomic E-state index is 11.9. The van der Waals surface area contributed by atoms with Crippen molar-refractivity contribution < 1.29 is 9.53 Å². The van der Waals surface area contributed by atoms with E-state index in [1.807, 2.05) is 18.2 Å². The Hall–Kier alpha value is -2.57. The van der Waals surface area contributed by atoms with E-state index in [2.05, 4.69) is 15.3 Å². The Morgan fingerprint density at radius 1 is 1.12 bits per heavy atom. The van der Waals surface area contributed by atoms with Crippen LogP contribution in [0.2, 0.25) is 10.3 Å². The predicted molar refractivity (Wildman–Crippen MR) is 91.9 cm³/mol. The van der Waals surface area contributed by atoms with E-state index in [0.717, 1.165) is 0 Å². The summed E-state index contributed by atoms with van der Waals surface area (Å²) in [5, 5.41) is 3.18. The minimum absolute atomic E-state index is 0.0886. The Morgan fingerprint density at radius 3 is 2.54 bits per heavy atom. The van der Waals surface area contributed by atoms with Crippen molar-refractivity contribution in [1.29, 1.82) is 0 Å². The number of pyridine rings is 1. The number of amides is 1. The molecule has 2 heterocycles. The summed E-state index contributed by atoms with van der Waals surface area (Å²) >= 11 is 11.8. The van der Waals surface area contributed by atoms with Crippen molar-refractivity contribution in [3.63, 3.8) is 0 Å². The zero-order valence-corrected chi connectivity index (χ0v) is 13.8. The molecule has 8 heteroatoms. The minimum Gasteiger partial charge on any atom is -0.484 e. The molecular formula is C16H12Cl2N4O2. The molecule has 0 aliphatic rings. The number of para-hydroxylation sites is 1. The van der Waals surface area contributed by atoms with Crippen LogP contribution in [0.25, 0.3) is 5.82 Å². The molecule has 0 bridgehead atoms. The molecule has 24 heavy (non-hydrogen) atoms. The summed E-state index contributed by atoms with van der Waals surface area (Å²) in [5.74, 6) is 0.891. The monoisotopic (exact) mass is 362 g/mol. The maximum atomic E-state index is 11.9. The van der Waals surface area contributed by atoms with Crippen molar-refractivity contribution in [1.82, 2.24) is 14.5 Å². The number of nitrogens with zero attached hydrogens (tertiary/aromatic N) is 3. The zero-order valence-electron chi connectivity index (χ0n) is 12.3. The third kappa shape index (κ3) is 3.84. The van der Waals surface area contributed by atoms with Crippen molar-refractivity contribution in [2.24, 2.45) is 0 Å². The first-order valence-corrected chi connectivity index (χ1v) is 7.71. The number of benzene rings is 1. The molecule has 2 aromatic heterocycles. The molecule has 0 saturated heterocycles. The number of rotatable bonds is 5. The summed E-state index contributed by atoms with van der Waals surface area (Å²) in [5.41, 5.74) is 0.544. The van der Waals surface area contributed by atoms with Crippen LogP contribution in [0, 0.1) is 0 Å². The van der Waals surface area contributed by atoms with E-state index in [1.54, 1.807) is 24.3 Å². The Morgan fingerprint density at radius 2 is 1.92 bits per heavy atom. The summed E-state index contributed by atoms with van der Waals surface area (Å²) in [6.07, 6.45) is 2.99. The highest BCUT2D eigenvalue weighted by molar-refractivity contribution is 6.40. The second-order valence-electron chi connectivity index (χ2n) is 4.75. The zero-order chi connectivity index (χ0) is 16.9. The number of aromatic nitrogens is 3. The van der Waals surface area contributed by atoms with Crippen molar-refractivity contribution in [3.8, 4) is 11.6 Å². The van der Waals surface area contributed by atoms with Crippen LogP contribution in [-0.2, 0) is 4.79 Å². The van der Waals surface area contributed by atoms with Gasteiger partial charge in [-0.3, -0.25) is 9.36 Å². The SMILES string of the molecule is O=C(COc1ccccc1)Nc1ccc(-n2cnc(Cl)c2Cl)nc1. The summed E-state index contributed by atoms with van der Waals surface area (Å²) in [6.45, 7) is -0.0886. The number of hydrogen-bond acceptors (Lipinski definition) is 4. The normalized spacial score (nSPS) is 10.4. The van der Waals surface area contributed by atoms with Crippen molar-refractivity contribution in [2.75, 3.05) is 11.9 Å². The fraction of sp³-hybridized carbons (Fsp3) is 0.0625.